The number of rotatable bonds is 10. The average Bonchev–Trinajstić information content (AvgIpc) is 3.03. The molecule has 0 aliphatic carbocycles. The molecule has 5 rings (SSSR count). The maximum Gasteiger partial charge on any atom is 0.335 e. The summed E-state index contributed by atoms with van der Waals surface area (Å²) in [4.78, 5) is 28.3. The van der Waals surface area contributed by atoms with Gasteiger partial charge in [-0.2, -0.15) is 13.4 Å². The van der Waals surface area contributed by atoms with Crippen molar-refractivity contribution in [1.29, 1.82) is 0 Å². The minimum absolute atomic E-state index is 0.0617. The van der Waals surface area contributed by atoms with Gasteiger partial charge in [0.25, 0.3) is 15.9 Å². The zero-order valence-corrected chi connectivity index (χ0v) is 24.4. The molecule has 0 radical (unpaired) electrons. The van der Waals surface area contributed by atoms with Crippen molar-refractivity contribution in [2.24, 2.45) is 0 Å². The molecule has 0 amide bonds. The van der Waals surface area contributed by atoms with Gasteiger partial charge in [0.2, 0.25) is 12.0 Å². The Morgan fingerprint density at radius 2 is 1.67 bits per heavy atom. The van der Waals surface area contributed by atoms with Crippen LogP contribution < -0.4 is 18.9 Å². The second-order valence-electron chi connectivity index (χ2n) is 9.65. The van der Waals surface area contributed by atoms with Crippen LogP contribution in [0.5, 0.6) is 23.1 Å². The van der Waals surface area contributed by atoms with Gasteiger partial charge in [0.05, 0.1) is 7.11 Å². The molecule has 1 aliphatic heterocycles. The van der Waals surface area contributed by atoms with E-state index in [0.29, 0.717) is 5.56 Å². The summed E-state index contributed by atoms with van der Waals surface area (Å²) in [6.07, 6.45) is -4.99. The number of nitrogens with one attached hydrogen (secondary N) is 1. The van der Waals surface area contributed by atoms with E-state index in [1.165, 1.54) is 56.0 Å². The lowest BCUT2D eigenvalue weighted by Gasteiger charge is -2.38. The minimum Gasteiger partial charge on any atom is -0.479 e. The summed E-state index contributed by atoms with van der Waals surface area (Å²) < 4.78 is 51.5. The van der Waals surface area contributed by atoms with E-state index in [2.05, 4.69) is 24.7 Å². The number of aliphatic hydroxyl groups excluding tert-OH is 3. The Morgan fingerprint density at radius 3 is 2.31 bits per heavy atom. The number of aryl methyl sites for hydroxylation is 1. The van der Waals surface area contributed by atoms with Crippen LogP contribution in [0.1, 0.15) is 5.56 Å². The number of hydrogen-bond acceptors (Lipinski definition) is 14. The first-order chi connectivity index (χ1) is 21.5. The van der Waals surface area contributed by atoms with Gasteiger partial charge in [-0.1, -0.05) is 18.2 Å². The normalized spacial score (nSPS) is 21.5. The molecule has 1 aliphatic rings. The zero-order valence-electron chi connectivity index (χ0n) is 23.6. The lowest BCUT2D eigenvalue weighted by molar-refractivity contribution is -0.271. The van der Waals surface area contributed by atoms with E-state index in [-0.39, 0.29) is 39.8 Å². The fourth-order valence-electron chi connectivity index (χ4n) is 4.17. The first-order valence-electron chi connectivity index (χ1n) is 13.2. The number of aliphatic carboxylic acids is 1. The SMILES string of the molecule is COc1nc(-c2ccncc2)nc(NS(=O)(=O)c2ccc(C)cn2)c1Oc1ccccc1OC1O[C@H](C(=O)O)[C@@H](O)[C@H](O)[C@H]1O. The van der Waals surface area contributed by atoms with Crippen LogP contribution in [0, 0.1) is 6.92 Å². The van der Waals surface area contributed by atoms with Crippen LogP contribution in [0.4, 0.5) is 5.82 Å². The second kappa shape index (κ2) is 13.0. The van der Waals surface area contributed by atoms with Crippen LogP contribution in [-0.2, 0) is 19.6 Å². The maximum absolute atomic E-state index is 13.4. The summed E-state index contributed by atoms with van der Waals surface area (Å²) in [6, 6.07) is 11.9. The van der Waals surface area contributed by atoms with Crippen LogP contribution in [-0.4, -0.2) is 92.6 Å². The van der Waals surface area contributed by atoms with Crippen molar-refractivity contribution < 1.29 is 52.6 Å². The van der Waals surface area contributed by atoms with Crippen molar-refractivity contribution >= 4 is 21.8 Å². The summed E-state index contributed by atoms with van der Waals surface area (Å²) in [5.41, 5.74) is 1.21. The van der Waals surface area contributed by atoms with Crippen LogP contribution in [0.25, 0.3) is 11.4 Å². The standard InChI is InChI=1S/C28H27N5O11S/c1-14-7-8-18(30-13-14)45(39,40)33-25-23(26(41-2)32-24(31-25)15-9-11-29-12-10-15)42-16-5-3-4-6-17(16)43-28-21(36)19(34)20(35)22(44-28)27(37)38/h3-13,19-22,28,34-36H,1-2H3,(H,37,38)(H,31,32,33)/t19-,20-,21+,22-,28?/m0/s1. The van der Waals surface area contributed by atoms with Gasteiger partial charge in [0, 0.05) is 24.2 Å². The highest BCUT2D eigenvalue weighted by molar-refractivity contribution is 7.92. The molecule has 236 valence electrons. The van der Waals surface area contributed by atoms with E-state index in [0.717, 1.165) is 5.56 Å². The molecule has 0 spiro atoms. The maximum atomic E-state index is 13.4. The van der Waals surface area contributed by atoms with Crippen LogP contribution >= 0.6 is 0 Å². The number of carbonyl (C=O) groups is 1. The molecular formula is C28H27N5O11S. The predicted molar refractivity (Wildman–Crippen MR) is 153 cm³/mol. The van der Waals surface area contributed by atoms with Crippen LogP contribution in [0.2, 0.25) is 0 Å². The Bertz CT molecular complexity index is 1780. The van der Waals surface area contributed by atoms with Gasteiger partial charge >= 0.3 is 5.97 Å². The van der Waals surface area contributed by atoms with Crippen molar-refractivity contribution in [1.82, 2.24) is 19.9 Å². The molecule has 17 heteroatoms. The van der Waals surface area contributed by atoms with Gasteiger partial charge < -0.3 is 39.4 Å². The van der Waals surface area contributed by atoms with Crippen molar-refractivity contribution in [3.8, 4) is 34.5 Å². The minimum atomic E-state index is -4.33. The quantitative estimate of drug-likeness (QED) is 0.163. The number of hydrogen-bond donors (Lipinski definition) is 5. The van der Waals surface area contributed by atoms with Crippen LogP contribution in [0.15, 0.2) is 72.1 Å². The molecule has 5 N–H and O–H groups in total. The number of ether oxygens (including phenoxy) is 4. The number of aromatic nitrogens is 4. The number of anilines is 1. The number of pyridine rings is 2. The fourth-order valence-corrected chi connectivity index (χ4v) is 5.10. The molecule has 0 bridgehead atoms. The molecule has 0 saturated carbocycles. The van der Waals surface area contributed by atoms with E-state index in [9.17, 15) is 33.6 Å². The monoisotopic (exact) mass is 641 g/mol. The molecule has 5 atom stereocenters. The molecule has 16 nitrogen and oxygen atoms in total. The topological polar surface area (TPSA) is 233 Å². The van der Waals surface area contributed by atoms with E-state index in [1.54, 1.807) is 25.1 Å². The number of para-hydroxylation sites is 2. The van der Waals surface area contributed by atoms with E-state index in [4.69, 9.17) is 18.9 Å². The summed E-state index contributed by atoms with van der Waals surface area (Å²) in [5, 5.41) is 39.7. The zero-order chi connectivity index (χ0) is 32.3. The van der Waals surface area contributed by atoms with E-state index in [1.807, 2.05) is 0 Å². The van der Waals surface area contributed by atoms with Crippen molar-refractivity contribution in [3.05, 3.63) is 72.7 Å². The van der Waals surface area contributed by atoms with Crippen molar-refractivity contribution in [2.75, 3.05) is 11.8 Å². The van der Waals surface area contributed by atoms with Gasteiger partial charge in [0.1, 0.15) is 18.3 Å². The van der Waals surface area contributed by atoms with Gasteiger partial charge in [0.15, 0.2) is 34.3 Å². The molecule has 1 saturated heterocycles. The van der Waals surface area contributed by atoms with Crippen molar-refractivity contribution in [2.45, 2.75) is 42.7 Å². The van der Waals surface area contributed by atoms with Crippen molar-refractivity contribution in [3.63, 3.8) is 0 Å². The van der Waals surface area contributed by atoms with E-state index < -0.39 is 46.7 Å². The summed E-state index contributed by atoms with van der Waals surface area (Å²) in [7, 11) is -3.05. The molecule has 4 aromatic rings. The number of carboxylic acid groups (broad SMARTS) is 1. The van der Waals surface area contributed by atoms with E-state index >= 15 is 0 Å². The summed E-state index contributed by atoms with van der Waals surface area (Å²) >= 11 is 0. The molecular weight excluding hydrogens is 614 g/mol. The Morgan fingerprint density at radius 1 is 0.956 bits per heavy atom. The number of sulfonamides is 1. The number of nitrogens with zero attached hydrogens (tertiary/aromatic N) is 4. The van der Waals surface area contributed by atoms with Crippen LogP contribution in [0.3, 0.4) is 0 Å². The average molecular weight is 642 g/mol. The lowest BCUT2D eigenvalue weighted by atomic mass is 9.99. The number of benzene rings is 1. The molecule has 4 heterocycles. The predicted octanol–water partition coefficient (Wildman–Crippen LogP) is 1.11. The summed E-state index contributed by atoms with van der Waals surface area (Å²) in [6.45, 7) is 1.75. The molecule has 1 fully saturated rings. The smallest absolute Gasteiger partial charge is 0.335 e. The lowest BCUT2D eigenvalue weighted by Crippen LogP contribution is -2.61. The highest BCUT2D eigenvalue weighted by Crippen LogP contribution is 2.42. The Balaban J connectivity index is 1.55. The third-order valence-electron chi connectivity index (χ3n) is 6.47. The molecule has 1 unspecified atom stereocenters. The highest BCUT2D eigenvalue weighted by atomic mass is 32.2. The molecule has 3 aromatic heterocycles. The fraction of sp³-hybridized carbons (Fsp3) is 0.250. The molecule has 1 aromatic carbocycles. The number of methoxy groups -OCH3 is 1. The van der Waals surface area contributed by atoms with Gasteiger partial charge in [-0.3, -0.25) is 9.71 Å². The second-order valence-corrected chi connectivity index (χ2v) is 11.3. The van der Waals surface area contributed by atoms with Gasteiger partial charge in [-0.25, -0.2) is 14.8 Å². The summed E-state index contributed by atoms with van der Waals surface area (Å²) in [5.74, 6) is -2.61. The Kier molecular flexibility index (Phi) is 9.07. The van der Waals surface area contributed by atoms with Gasteiger partial charge in [-0.15, -0.1) is 0 Å². The third-order valence-corrected chi connectivity index (χ3v) is 7.73. The Hall–Kier alpha value is -4.94. The first-order valence-corrected chi connectivity index (χ1v) is 14.6. The van der Waals surface area contributed by atoms with Gasteiger partial charge in [-0.05, 0) is 42.8 Å². The molecule has 45 heavy (non-hydrogen) atoms. The Labute approximate surface area is 255 Å². The number of carboxylic acids is 1. The third kappa shape index (κ3) is 6.76. The first kappa shape index (κ1) is 31.5. The number of aliphatic hydroxyl groups is 3. The largest absolute Gasteiger partial charge is 0.479 e. The highest BCUT2D eigenvalue weighted by Gasteiger charge is 2.48.